The highest BCUT2D eigenvalue weighted by molar-refractivity contribution is 5.96. The third kappa shape index (κ3) is 5.10. The molecule has 6 heteroatoms. The van der Waals surface area contributed by atoms with Crippen LogP contribution >= 0.6 is 0 Å². The van der Waals surface area contributed by atoms with E-state index in [-0.39, 0.29) is 0 Å². The molecule has 0 fully saturated rings. The van der Waals surface area contributed by atoms with Gasteiger partial charge in [-0.25, -0.2) is 4.79 Å². The molecule has 0 aromatic heterocycles. The maximum Gasteiger partial charge on any atom is 0.331 e. The number of anilines is 1. The average molecular weight is 367 g/mol. The Labute approximate surface area is 157 Å². The molecule has 1 amide bonds. The van der Waals surface area contributed by atoms with Gasteiger partial charge in [0.25, 0.3) is 5.91 Å². The van der Waals surface area contributed by atoms with E-state index in [0.717, 1.165) is 11.1 Å². The van der Waals surface area contributed by atoms with Gasteiger partial charge in [-0.2, -0.15) is 0 Å². The van der Waals surface area contributed by atoms with Gasteiger partial charge in [0.1, 0.15) is 13.2 Å². The summed E-state index contributed by atoms with van der Waals surface area (Å²) in [5, 5.41) is 2.70. The van der Waals surface area contributed by atoms with Crippen LogP contribution in [0.2, 0.25) is 0 Å². The highest BCUT2D eigenvalue weighted by Gasteiger charge is 2.18. The minimum atomic E-state index is -0.937. The summed E-state index contributed by atoms with van der Waals surface area (Å²) in [5.41, 5.74) is 2.56. The fourth-order valence-corrected chi connectivity index (χ4v) is 2.47. The standard InChI is InChI=1S/C21H21NO5/c1-14-3-5-16(6-4-14)7-10-20(23)27-15(2)21(24)22-17-8-9-18-19(13-17)26-12-11-25-18/h3-10,13,15H,11-12H2,1-2H3,(H,22,24)/b10-7+. The highest BCUT2D eigenvalue weighted by Crippen LogP contribution is 2.32. The van der Waals surface area contributed by atoms with Crippen LogP contribution in [0.1, 0.15) is 18.1 Å². The molecule has 0 spiro atoms. The Kier molecular flexibility index (Phi) is 5.76. The van der Waals surface area contributed by atoms with Crippen molar-refractivity contribution >= 4 is 23.6 Å². The second kappa shape index (κ2) is 8.40. The van der Waals surface area contributed by atoms with Crippen LogP contribution in [0.5, 0.6) is 11.5 Å². The van der Waals surface area contributed by atoms with Gasteiger partial charge in [-0.05, 0) is 37.6 Å². The van der Waals surface area contributed by atoms with E-state index in [1.807, 2.05) is 31.2 Å². The predicted octanol–water partition coefficient (Wildman–Crippen LogP) is 3.35. The van der Waals surface area contributed by atoms with E-state index >= 15 is 0 Å². The van der Waals surface area contributed by atoms with Crippen molar-refractivity contribution in [3.05, 3.63) is 59.7 Å². The molecule has 0 bridgehead atoms. The van der Waals surface area contributed by atoms with Crippen molar-refractivity contribution in [2.45, 2.75) is 20.0 Å². The third-order valence-electron chi connectivity index (χ3n) is 3.96. The zero-order chi connectivity index (χ0) is 19.2. The third-order valence-corrected chi connectivity index (χ3v) is 3.96. The summed E-state index contributed by atoms with van der Waals surface area (Å²) in [6, 6.07) is 12.8. The first kappa shape index (κ1) is 18.5. The van der Waals surface area contributed by atoms with Crippen LogP contribution in [-0.4, -0.2) is 31.2 Å². The first-order valence-corrected chi connectivity index (χ1v) is 8.67. The number of benzene rings is 2. The molecule has 6 nitrogen and oxygen atoms in total. The largest absolute Gasteiger partial charge is 0.486 e. The molecule has 2 aromatic rings. The van der Waals surface area contributed by atoms with Gasteiger partial charge in [0.2, 0.25) is 0 Å². The molecule has 140 valence electrons. The summed E-state index contributed by atoms with van der Waals surface area (Å²) in [6.45, 7) is 4.47. The number of hydrogen-bond acceptors (Lipinski definition) is 5. The molecule has 1 aliphatic heterocycles. The van der Waals surface area contributed by atoms with Crippen molar-refractivity contribution in [2.24, 2.45) is 0 Å². The Bertz CT molecular complexity index is 857. The van der Waals surface area contributed by atoms with E-state index in [1.54, 1.807) is 24.3 Å². The number of hydrogen-bond donors (Lipinski definition) is 1. The van der Waals surface area contributed by atoms with Crippen LogP contribution in [0.25, 0.3) is 6.08 Å². The Morgan fingerprint density at radius 1 is 1.07 bits per heavy atom. The lowest BCUT2D eigenvalue weighted by atomic mass is 10.1. The van der Waals surface area contributed by atoms with Crippen LogP contribution in [0.3, 0.4) is 0 Å². The highest BCUT2D eigenvalue weighted by atomic mass is 16.6. The number of carbonyl (C=O) groups excluding carboxylic acids is 2. The van der Waals surface area contributed by atoms with Gasteiger partial charge in [-0.1, -0.05) is 29.8 Å². The molecule has 1 heterocycles. The number of amides is 1. The lowest BCUT2D eigenvalue weighted by Crippen LogP contribution is -2.29. The second-order valence-corrected chi connectivity index (χ2v) is 6.17. The molecule has 1 aliphatic rings. The topological polar surface area (TPSA) is 73.9 Å². The van der Waals surface area contributed by atoms with Crippen molar-refractivity contribution in [2.75, 3.05) is 18.5 Å². The summed E-state index contributed by atoms with van der Waals surface area (Å²) < 4.78 is 16.1. The van der Waals surface area contributed by atoms with Crippen molar-refractivity contribution in [3.63, 3.8) is 0 Å². The zero-order valence-corrected chi connectivity index (χ0v) is 15.2. The fourth-order valence-electron chi connectivity index (χ4n) is 2.47. The van der Waals surface area contributed by atoms with Crippen molar-refractivity contribution in [1.82, 2.24) is 0 Å². The number of esters is 1. The Hall–Kier alpha value is -3.28. The van der Waals surface area contributed by atoms with E-state index in [2.05, 4.69) is 5.32 Å². The lowest BCUT2D eigenvalue weighted by Gasteiger charge is -2.19. The van der Waals surface area contributed by atoms with Gasteiger partial charge in [0.05, 0.1) is 0 Å². The summed E-state index contributed by atoms with van der Waals surface area (Å²) >= 11 is 0. The molecule has 2 aromatic carbocycles. The van der Waals surface area contributed by atoms with Gasteiger partial charge >= 0.3 is 5.97 Å². The summed E-state index contributed by atoms with van der Waals surface area (Å²) in [4.78, 5) is 24.2. The SMILES string of the molecule is Cc1ccc(/C=C/C(=O)OC(C)C(=O)Nc2ccc3c(c2)OCCO3)cc1. The number of ether oxygens (including phenoxy) is 3. The monoisotopic (exact) mass is 367 g/mol. The number of carbonyl (C=O) groups is 2. The van der Waals surface area contributed by atoms with Gasteiger partial charge in [0.15, 0.2) is 17.6 Å². The molecule has 1 atom stereocenters. The van der Waals surface area contributed by atoms with Crippen LogP contribution in [0.15, 0.2) is 48.5 Å². The molecule has 3 rings (SSSR count). The van der Waals surface area contributed by atoms with Gasteiger partial charge in [0, 0.05) is 17.8 Å². The smallest absolute Gasteiger partial charge is 0.331 e. The molecule has 0 saturated heterocycles. The average Bonchev–Trinajstić information content (AvgIpc) is 2.67. The first-order valence-electron chi connectivity index (χ1n) is 8.67. The number of nitrogens with one attached hydrogen (secondary N) is 1. The minimum Gasteiger partial charge on any atom is -0.486 e. The van der Waals surface area contributed by atoms with E-state index in [1.165, 1.54) is 13.0 Å². The zero-order valence-electron chi connectivity index (χ0n) is 15.2. The summed E-state index contributed by atoms with van der Waals surface area (Å²) in [5.74, 6) is 0.203. The number of fused-ring (bicyclic) bond motifs is 1. The number of rotatable bonds is 5. The quantitative estimate of drug-likeness (QED) is 0.648. The Balaban J connectivity index is 1.54. The lowest BCUT2D eigenvalue weighted by molar-refractivity contribution is -0.148. The fraction of sp³-hybridized carbons (Fsp3) is 0.238. The minimum absolute atomic E-state index is 0.427. The first-order chi connectivity index (χ1) is 13.0. The van der Waals surface area contributed by atoms with Gasteiger partial charge in [-0.15, -0.1) is 0 Å². The van der Waals surface area contributed by atoms with Gasteiger partial charge in [-0.3, -0.25) is 4.79 Å². The van der Waals surface area contributed by atoms with Crippen molar-refractivity contribution < 1.29 is 23.8 Å². The molecule has 1 N–H and O–H groups in total. The molecule has 1 unspecified atom stereocenters. The second-order valence-electron chi connectivity index (χ2n) is 6.17. The number of aryl methyl sites for hydroxylation is 1. The maximum absolute atomic E-state index is 12.2. The van der Waals surface area contributed by atoms with Crippen LogP contribution in [-0.2, 0) is 14.3 Å². The van der Waals surface area contributed by atoms with Crippen molar-refractivity contribution in [3.8, 4) is 11.5 Å². The molecular formula is C21H21NO5. The normalized spacial score (nSPS) is 13.9. The molecule has 0 aliphatic carbocycles. The molecular weight excluding hydrogens is 346 g/mol. The Morgan fingerprint density at radius 3 is 2.52 bits per heavy atom. The van der Waals surface area contributed by atoms with E-state index in [0.29, 0.717) is 30.4 Å². The van der Waals surface area contributed by atoms with Gasteiger partial charge < -0.3 is 19.5 Å². The molecule has 0 saturated carbocycles. The van der Waals surface area contributed by atoms with Crippen molar-refractivity contribution in [1.29, 1.82) is 0 Å². The summed E-state index contributed by atoms with van der Waals surface area (Å²) in [7, 11) is 0. The van der Waals surface area contributed by atoms with E-state index < -0.39 is 18.0 Å². The Morgan fingerprint density at radius 2 is 1.78 bits per heavy atom. The maximum atomic E-state index is 12.2. The van der Waals surface area contributed by atoms with Crippen LogP contribution in [0.4, 0.5) is 5.69 Å². The summed E-state index contributed by atoms with van der Waals surface area (Å²) in [6.07, 6.45) is 2.01. The van der Waals surface area contributed by atoms with E-state index in [9.17, 15) is 9.59 Å². The van der Waals surface area contributed by atoms with Crippen LogP contribution < -0.4 is 14.8 Å². The van der Waals surface area contributed by atoms with E-state index in [4.69, 9.17) is 14.2 Å². The van der Waals surface area contributed by atoms with Crippen LogP contribution in [0, 0.1) is 6.92 Å². The molecule has 0 radical (unpaired) electrons. The predicted molar refractivity (Wildman–Crippen MR) is 102 cm³/mol. The molecule has 27 heavy (non-hydrogen) atoms.